The second kappa shape index (κ2) is 6.96. The van der Waals surface area contributed by atoms with E-state index in [2.05, 4.69) is 41.8 Å². The van der Waals surface area contributed by atoms with Crippen LogP contribution in [0.5, 0.6) is 5.75 Å². The Bertz CT molecular complexity index is 783. The Morgan fingerprint density at radius 1 is 1.20 bits per heavy atom. The van der Waals surface area contributed by atoms with E-state index in [0.29, 0.717) is 23.0 Å². The average molecular weight is 359 g/mol. The van der Waals surface area contributed by atoms with Crippen molar-refractivity contribution in [3.05, 3.63) is 58.1 Å². The largest absolute Gasteiger partial charge is 0.495 e. The molecule has 4 nitrogen and oxygen atoms in total. The van der Waals surface area contributed by atoms with Crippen molar-refractivity contribution >= 4 is 23.3 Å². The number of halogens is 1. The van der Waals surface area contributed by atoms with Gasteiger partial charge in [-0.3, -0.25) is 0 Å². The number of urea groups is 1. The van der Waals surface area contributed by atoms with E-state index < -0.39 is 0 Å². The number of hydrogen-bond donors (Lipinski definition) is 2. The molecule has 0 radical (unpaired) electrons. The number of amides is 2. The van der Waals surface area contributed by atoms with Crippen LogP contribution >= 0.6 is 11.6 Å². The summed E-state index contributed by atoms with van der Waals surface area (Å²) in [5, 5.41) is 6.46. The molecule has 1 aliphatic rings. The second-order valence-electron chi connectivity index (χ2n) is 6.76. The van der Waals surface area contributed by atoms with Crippen LogP contribution in [0.4, 0.5) is 10.5 Å². The number of carbonyl (C=O) groups is 1. The molecule has 132 valence electrons. The van der Waals surface area contributed by atoms with E-state index in [1.54, 1.807) is 13.2 Å². The van der Waals surface area contributed by atoms with Gasteiger partial charge in [-0.25, -0.2) is 4.79 Å². The van der Waals surface area contributed by atoms with Crippen molar-refractivity contribution < 1.29 is 9.53 Å². The number of rotatable bonds is 5. The van der Waals surface area contributed by atoms with Crippen molar-refractivity contribution in [3.63, 3.8) is 0 Å². The lowest BCUT2D eigenvalue weighted by molar-refractivity contribution is 0.251. The Morgan fingerprint density at radius 3 is 2.48 bits per heavy atom. The first kappa shape index (κ1) is 17.6. The predicted octanol–water partition coefficient (Wildman–Crippen LogP) is 4.82. The van der Waals surface area contributed by atoms with Crippen molar-refractivity contribution in [2.24, 2.45) is 0 Å². The molecule has 2 amide bonds. The lowest BCUT2D eigenvalue weighted by Crippen LogP contribution is -2.35. The SMILES string of the molecule is COc1cc(Cl)c(C)cc1NC(=O)NCC1(c2ccc(C)cc2)CC1. The van der Waals surface area contributed by atoms with Crippen molar-refractivity contribution in [1.82, 2.24) is 5.32 Å². The van der Waals surface area contributed by atoms with E-state index in [9.17, 15) is 4.79 Å². The van der Waals surface area contributed by atoms with Gasteiger partial charge < -0.3 is 15.4 Å². The maximum Gasteiger partial charge on any atom is 0.319 e. The molecule has 3 rings (SSSR count). The number of benzene rings is 2. The van der Waals surface area contributed by atoms with E-state index in [1.807, 2.05) is 13.0 Å². The average Bonchev–Trinajstić information content (AvgIpc) is 3.38. The van der Waals surface area contributed by atoms with Gasteiger partial charge in [-0.1, -0.05) is 41.4 Å². The minimum atomic E-state index is -0.238. The van der Waals surface area contributed by atoms with Gasteiger partial charge in [0.2, 0.25) is 0 Å². The molecular formula is C20H23ClN2O2. The maximum atomic E-state index is 12.3. The third kappa shape index (κ3) is 3.90. The monoisotopic (exact) mass is 358 g/mol. The normalized spacial score (nSPS) is 14.7. The molecule has 0 spiro atoms. The molecule has 2 aromatic rings. The summed E-state index contributed by atoms with van der Waals surface area (Å²) in [6.45, 7) is 4.59. The molecule has 0 aliphatic heterocycles. The van der Waals surface area contributed by atoms with Gasteiger partial charge in [-0.15, -0.1) is 0 Å². The van der Waals surface area contributed by atoms with E-state index in [1.165, 1.54) is 11.1 Å². The summed E-state index contributed by atoms with van der Waals surface area (Å²) in [6, 6.07) is 11.8. The summed E-state index contributed by atoms with van der Waals surface area (Å²) < 4.78 is 5.29. The minimum absolute atomic E-state index is 0.0744. The van der Waals surface area contributed by atoms with Crippen molar-refractivity contribution in [2.45, 2.75) is 32.1 Å². The lowest BCUT2D eigenvalue weighted by atomic mass is 9.95. The van der Waals surface area contributed by atoms with E-state index in [4.69, 9.17) is 16.3 Å². The van der Waals surface area contributed by atoms with Gasteiger partial charge in [0.05, 0.1) is 12.8 Å². The quantitative estimate of drug-likeness (QED) is 0.805. The van der Waals surface area contributed by atoms with Gasteiger partial charge in [-0.05, 0) is 43.9 Å². The molecule has 0 bridgehead atoms. The third-order valence-corrected chi connectivity index (χ3v) is 5.24. The van der Waals surface area contributed by atoms with Crippen LogP contribution in [0.2, 0.25) is 5.02 Å². The topological polar surface area (TPSA) is 50.4 Å². The standard InChI is InChI=1S/C20H23ClN2O2/c1-13-4-6-15(7-5-13)20(8-9-20)12-22-19(24)23-17-10-14(2)16(21)11-18(17)25-3/h4-7,10-11H,8-9,12H2,1-3H3,(H2,22,23,24). The van der Waals surface area contributed by atoms with Crippen LogP contribution < -0.4 is 15.4 Å². The number of anilines is 1. The van der Waals surface area contributed by atoms with Crippen molar-refractivity contribution in [3.8, 4) is 5.75 Å². The molecule has 1 fully saturated rings. The van der Waals surface area contributed by atoms with Gasteiger partial charge in [0.1, 0.15) is 5.75 Å². The molecule has 0 unspecified atom stereocenters. The number of methoxy groups -OCH3 is 1. The molecule has 25 heavy (non-hydrogen) atoms. The second-order valence-corrected chi connectivity index (χ2v) is 7.16. The van der Waals surface area contributed by atoms with Crippen molar-refractivity contribution in [1.29, 1.82) is 0 Å². The zero-order valence-electron chi connectivity index (χ0n) is 14.8. The molecule has 2 N–H and O–H groups in total. The third-order valence-electron chi connectivity index (χ3n) is 4.83. The van der Waals surface area contributed by atoms with E-state index >= 15 is 0 Å². The molecule has 1 saturated carbocycles. The fourth-order valence-electron chi connectivity index (χ4n) is 2.97. The number of nitrogens with one attached hydrogen (secondary N) is 2. The smallest absolute Gasteiger partial charge is 0.319 e. The summed E-state index contributed by atoms with van der Waals surface area (Å²) in [4.78, 5) is 12.3. The summed E-state index contributed by atoms with van der Waals surface area (Å²) in [5.74, 6) is 0.547. The minimum Gasteiger partial charge on any atom is -0.495 e. The summed E-state index contributed by atoms with van der Waals surface area (Å²) in [5.41, 5.74) is 4.11. The number of aryl methyl sites for hydroxylation is 2. The maximum absolute atomic E-state index is 12.3. The molecule has 0 heterocycles. The van der Waals surface area contributed by atoms with Gasteiger partial charge in [0.15, 0.2) is 0 Å². The van der Waals surface area contributed by atoms with Gasteiger partial charge in [0.25, 0.3) is 0 Å². The number of ether oxygens (including phenoxy) is 1. The highest BCUT2D eigenvalue weighted by atomic mass is 35.5. The van der Waals surface area contributed by atoms with Gasteiger partial charge >= 0.3 is 6.03 Å². The molecule has 5 heteroatoms. The summed E-state index contributed by atoms with van der Waals surface area (Å²) in [6.07, 6.45) is 2.19. The molecule has 1 aliphatic carbocycles. The Morgan fingerprint density at radius 2 is 1.88 bits per heavy atom. The Labute approximate surface area is 153 Å². The first-order chi connectivity index (χ1) is 11.9. The highest BCUT2D eigenvalue weighted by Crippen LogP contribution is 2.47. The van der Waals surface area contributed by atoms with E-state index in [0.717, 1.165) is 18.4 Å². The van der Waals surface area contributed by atoms with Crippen LogP contribution in [0.1, 0.15) is 29.5 Å². The fraction of sp³-hybridized carbons (Fsp3) is 0.350. The zero-order valence-corrected chi connectivity index (χ0v) is 15.5. The van der Waals surface area contributed by atoms with Crippen LogP contribution in [0.25, 0.3) is 0 Å². The Kier molecular flexibility index (Phi) is 4.91. The fourth-order valence-corrected chi connectivity index (χ4v) is 3.12. The molecule has 0 atom stereocenters. The number of hydrogen-bond acceptors (Lipinski definition) is 2. The first-order valence-corrected chi connectivity index (χ1v) is 8.77. The lowest BCUT2D eigenvalue weighted by Gasteiger charge is -2.18. The zero-order chi connectivity index (χ0) is 18.0. The molecular weight excluding hydrogens is 336 g/mol. The highest BCUT2D eigenvalue weighted by Gasteiger charge is 2.44. The Hall–Kier alpha value is -2.20. The summed E-state index contributed by atoms with van der Waals surface area (Å²) >= 11 is 6.10. The van der Waals surface area contributed by atoms with Crippen LogP contribution in [0.3, 0.4) is 0 Å². The van der Waals surface area contributed by atoms with Crippen LogP contribution in [-0.2, 0) is 5.41 Å². The molecule has 2 aromatic carbocycles. The van der Waals surface area contributed by atoms with Crippen LogP contribution in [-0.4, -0.2) is 19.7 Å². The van der Waals surface area contributed by atoms with E-state index in [-0.39, 0.29) is 11.4 Å². The molecule has 0 saturated heterocycles. The highest BCUT2D eigenvalue weighted by molar-refractivity contribution is 6.31. The van der Waals surface area contributed by atoms with Crippen LogP contribution in [0, 0.1) is 13.8 Å². The predicted molar refractivity (Wildman–Crippen MR) is 102 cm³/mol. The van der Waals surface area contributed by atoms with Crippen molar-refractivity contribution in [2.75, 3.05) is 19.0 Å². The van der Waals surface area contributed by atoms with Gasteiger partial charge in [-0.2, -0.15) is 0 Å². The van der Waals surface area contributed by atoms with Crippen LogP contribution in [0.15, 0.2) is 36.4 Å². The summed E-state index contributed by atoms with van der Waals surface area (Å²) in [7, 11) is 1.56. The Balaban J connectivity index is 1.64. The molecule has 0 aromatic heterocycles. The van der Waals surface area contributed by atoms with Gasteiger partial charge in [0, 0.05) is 23.0 Å². The number of carbonyl (C=O) groups excluding carboxylic acids is 1. The first-order valence-electron chi connectivity index (χ1n) is 8.40.